The minimum Gasteiger partial charge on any atom is -0.356 e. The Bertz CT molecular complexity index is 60.1. The third-order valence-corrected chi connectivity index (χ3v) is 1.82. The lowest BCUT2D eigenvalue weighted by atomic mass is 10.7. The molecule has 0 aliphatic carbocycles. The van der Waals surface area contributed by atoms with E-state index in [9.17, 15) is 0 Å². The third-order valence-electron chi connectivity index (χ3n) is 1.05. The zero-order valence-corrected chi connectivity index (χ0v) is 7.20. The zero-order valence-electron chi connectivity index (χ0n) is 6.38. The molecule has 2 unspecified atom stereocenters. The summed E-state index contributed by atoms with van der Waals surface area (Å²) in [6.45, 7) is 3.88. The predicted molar refractivity (Wildman–Crippen MR) is 40.5 cm³/mol. The number of rotatable bonds is 4. The lowest BCUT2D eigenvalue weighted by Gasteiger charge is -2.15. The van der Waals surface area contributed by atoms with Crippen LogP contribution < -0.4 is 0 Å². The summed E-state index contributed by atoms with van der Waals surface area (Å²) >= 11 is 1.67. The van der Waals surface area contributed by atoms with Gasteiger partial charge in [0, 0.05) is 7.11 Å². The maximum absolute atomic E-state index is 5.29. The summed E-state index contributed by atoms with van der Waals surface area (Å²) in [5, 5.41) is 0. The van der Waals surface area contributed by atoms with Crippen molar-refractivity contribution in [2.24, 2.45) is 0 Å². The van der Waals surface area contributed by atoms with Crippen molar-refractivity contribution in [2.45, 2.75) is 25.6 Å². The fourth-order valence-corrected chi connectivity index (χ4v) is 0.649. The van der Waals surface area contributed by atoms with Gasteiger partial charge in [-0.2, -0.15) is 0 Å². The lowest BCUT2D eigenvalue weighted by Crippen LogP contribution is -2.15. The average Bonchev–Trinajstić information content (AvgIpc) is 1.87. The molecule has 0 bridgehead atoms. The van der Waals surface area contributed by atoms with Crippen molar-refractivity contribution >= 4 is 11.8 Å². The van der Waals surface area contributed by atoms with Crippen molar-refractivity contribution in [3.05, 3.63) is 0 Å². The molecule has 0 radical (unpaired) electrons. The number of thioether (sulfide) groups is 1. The number of hydrogen-bond acceptors (Lipinski definition) is 3. The highest BCUT2D eigenvalue weighted by Gasteiger charge is 2.03. The summed E-state index contributed by atoms with van der Waals surface area (Å²) in [4.78, 5) is 0. The van der Waals surface area contributed by atoms with Crippen LogP contribution in [0.25, 0.3) is 0 Å². The van der Waals surface area contributed by atoms with Gasteiger partial charge in [-0.25, -0.2) is 0 Å². The van der Waals surface area contributed by atoms with Crippen LogP contribution in [-0.4, -0.2) is 25.1 Å². The standard InChI is InChI=1S/C6H14O2S/c1-5(7-3)8-6(2)9-4/h5-6H,1-4H3. The molecule has 0 fully saturated rings. The molecule has 0 aromatic rings. The Kier molecular flexibility index (Phi) is 5.24. The summed E-state index contributed by atoms with van der Waals surface area (Å²) in [6.07, 6.45) is 1.92. The Morgan fingerprint density at radius 2 is 1.89 bits per heavy atom. The van der Waals surface area contributed by atoms with Gasteiger partial charge in [0.2, 0.25) is 0 Å². The van der Waals surface area contributed by atoms with Gasteiger partial charge in [-0.15, -0.1) is 11.8 Å². The van der Waals surface area contributed by atoms with E-state index in [1.165, 1.54) is 0 Å². The second-order valence-corrected chi connectivity index (χ2v) is 2.88. The first kappa shape index (κ1) is 9.27. The molecule has 0 saturated heterocycles. The Hall–Kier alpha value is 0.270. The Labute approximate surface area is 60.9 Å². The van der Waals surface area contributed by atoms with E-state index in [0.717, 1.165) is 0 Å². The van der Waals surface area contributed by atoms with Gasteiger partial charge in [-0.3, -0.25) is 0 Å². The largest absolute Gasteiger partial charge is 0.356 e. The Morgan fingerprint density at radius 1 is 1.33 bits per heavy atom. The predicted octanol–water partition coefficient (Wildman–Crippen LogP) is 1.70. The highest BCUT2D eigenvalue weighted by atomic mass is 32.2. The molecule has 0 aromatic carbocycles. The van der Waals surface area contributed by atoms with E-state index < -0.39 is 0 Å². The summed E-state index contributed by atoms with van der Waals surface area (Å²) < 4.78 is 10.2. The molecule has 0 aromatic heterocycles. The second kappa shape index (κ2) is 5.09. The quantitative estimate of drug-likeness (QED) is 0.568. The van der Waals surface area contributed by atoms with Gasteiger partial charge >= 0.3 is 0 Å². The Morgan fingerprint density at radius 3 is 2.22 bits per heavy atom. The fourth-order valence-electron chi connectivity index (χ4n) is 0.381. The maximum Gasteiger partial charge on any atom is 0.155 e. The van der Waals surface area contributed by atoms with Crippen LogP contribution in [0.2, 0.25) is 0 Å². The van der Waals surface area contributed by atoms with Gasteiger partial charge in [0.25, 0.3) is 0 Å². The molecule has 0 aliphatic heterocycles. The van der Waals surface area contributed by atoms with Crippen LogP contribution in [-0.2, 0) is 9.47 Å². The van der Waals surface area contributed by atoms with E-state index in [2.05, 4.69) is 0 Å². The molecule has 9 heavy (non-hydrogen) atoms. The molecular weight excluding hydrogens is 136 g/mol. The SMILES string of the molecule is COC(C)OC(C)SC. The monoisotopic (exact) mass is 150 g/mol. The minimum absolute atomic E-state index is 0.0903. The molecule has 0 rings (SSSR count). The lowest BCUT2D eigenvalue weighted by molar-refractivity contribution is -0.116. The summed E-state index contributed by atoms with van der Waals surface area (Å²) in [7, 11) is 1.64. The van der Waals surface area contributed by atoms with Crippen molar-refractivity contribution in [1.29, 1.82) is 0 Å². The number of ether oxygens (including phenoxy) is 2. The summed E-state index contributed by atoms with van der Waals surface area (Å²) in [6, 6.07) is 0. The van der Waals surface area contributed by atoms with E-state index in [1.54, 1.807) is 18.9 Å². The third kappa shape index (κ3) is 4.75. The number of methoxy groups -OCH3 is 1. The molecule has 3 heteroatoms. The first-order chi connectivity index (χ1) is 4.20. The van der Waals surface area contributed by atoms with Gasteiger partial charge in [-0.1, -0.05) is 0 Å². The number of hydrogen-bond donors (Lipinski definition) is 0. The Balaban J connectivity index is 3.22. The smallest absolute Gasteiger partial charge is 0.155 e. The maximum atomic E-state index is 5.29. The highest BCUT2D eigenvalue weighted by Crippen LogP contribution is 2.09. The van der Waals surface area contributed by atoms with E-state index in [0.29, 0.717) is 0 Å². The van der Waals surface area contributed by atoms with Crippen LogP contribution in [0, 0.1) is 0 Å². The molecule has 0 N–H and O–H groups in total. The van der Waals surface area contributed by atoms with Gasteiger partial charge in [0.05, 0.1) is 0 Å². The van der Waals surface area contributed by atoms with Crippen molar-refractivity contribution in [3.8, 4) is 0 Å². The summed E-state index contributed by atoms with van der Waals surface area (Å²) in [5.74, 6) is 0. The minimum atomic E-state index is -0.0903. The molecule has 2 nitrogen and oxygen atoms in total. The van der Waals surface area contributed by atoms with E-state index in [1.807, 2.05) is 20.1 Å². The van der Waals surface area contributed by atoms with Crippen molar-refractivity contribution in [2.75, 3.05) is 13.4 Å². The molecule has 0 aliphatic rings. The fraction of sp³-hybridized carbons (Fsp3) is 1.00. The summed E-state index contributed by atoms with van der Waals surface area (Å²) in [5.41, 5.74) is 0.222. The topological polar surface area (TPSA) is 18.5 Å². The molecule has 0 spiro atoms. The van der Waals surface area contributed by atoms with Gasteiger partial charge in [0.1, 0.15) is 5.44 Å². The molecule has 0 heterocycles. The van der Waals surface area contributed by atoms with Crippen molar-refractivity contribution in [1.82, 2.24) is 0 Å². The molecular formula is C6H14O2S. The molecule has 2 atom stereocenters. The van der Waals surface area contributed by atoms with Gasteiger partial charge in [0.15, 0.2) is 6.29 Å². The first-order valence-corrected chi connectivity index (χ1v) is 4.20. The average molecular weight is 150 g/mol. The van der Waals surface area contributed by atoms with Crippen LogP contribution in [0.3, 0.4) is 0 Å². The molecule has 0 saturated carbocycles. The highest BCUT2D eigenvalue weighted by molar-refractivity contribution is 7.99. The van der Waals surface area contributed by atoms with E-state index in [-0.39, 0.29) is 11.7 Å². The van der Waals surface area contributed by atoms with Crippen LogP contribution >= 0.6 is 11.8 Å². The molecule has 56 valence electrons. The normalized spacial score (nSPS) is 17.3. The van der Waals surface area contributed by atoms with Crippen LogP contribution in [0.4, 0.5) is 0 Å². The second-order valence-electron chi connectivity index (χ2n) is 1.74. The van der Waals surface area contributed by atoms with Crippen LogP contribution in [0.1, 0.15) is 13.8 Å². The zero-order chi connectivity index (χ0) is 7.28. The van der Waals surface area contributed by atoms with E-state index >= 15 is 0 Å². The van der Waals surface area contributed by atoms with Crippen LogP contribution in [0.5, 0.6) is 0 Å². The van der Waals surface area contributed by atoms with E-state index in [4.69, 9.17) is 9.47 Å². The molecule has 0 amide bonds. The van der Waals surface area contributed by atoms with Crippen molar-refractivity contribution < 1.29 is 9.47 Å². The van der Waals surface area contributed by atoms with Gasteiger partial charge < -0.3 is 9.47 Å². The van der Waals surface area contributed by atoms with Gasteiger partial charge in [-0.05, 0) is 20.1 Å². The van der Waals surface area contributed by atoms with Crippen LogP contribution in [0.15, 0.2) is 0 Å². The van der Waals surface area contributed by atoms with Crippen molar-refractivity contribution in [3.63, 3.8) is 0 Å². The first-order valence-electron chi connectivity index (χ1n) is 2.91.